The Kier molecular flexibility index (Phi) is 5.92. The molecule has 1 aromatic carbocycles. The summed E-state index contributed by atoms with van der Waals surface area (Å²) in [5.41, 5.74) is 1.72. The largest absolute Gasteiger partial charge is 0.309 e. The Morgan fingerprint density at radius 2 is 1.60 bits per heavy atom. The van der Waals surface area contributed by atoms with E-state index >= 15 is 0 Å². The second-order valence-corrected chi connectivity index (χ2v) is 4.80. The highest BCUT2D eigenvalue weighted by Gasteiger charge is 2.19. The molecule has 0 saturated heterocycles. The molecule has 15 heavy (non-hydrogen) atoms. The van der Waals surface area contributed by atoms with E-state index in [0.717, 1.165) is 6.54 Å². The highest BCUT2D eigenvalue weighted by Crippen LogP contribution is 2.26. The molecule has 0 aliphatic rings. The minimum absolute atomic E-state index is 0. The maximum Gasteiger partial charge on any atom is -0.00165 e. The second-order valence-electron chi connectivity index (χ2n) is 4.80. The van der Waals surface area contributed by atoms with E-state index < -0.39 is 0 Å². The molecular weight excluding hydrogens is 206 g/mol. The lowest BCUT2D eigenvalue weighted by atomic mass is 9.81. The van der Waals surface area contributed by atoms with Crippen LogP contribution in [0.25, 0.3) is 0 Å². The smallest absolute Gasteiger partial charge is 0.00165 e. The maximum absolute atomic E-state index is 2.31. The summed E-state index contributed by atoms with van der Waals surface area (Å²) in [6, 6.07) is 10.7. The fraction of sp³-hybridized carbons (Fsp3) is 0.538. The van der Waals surface area contributed by atoms with Gasteiger partial charge in [-0.3, -0.25) is 0 Å². The predicted octanol–water partition coefficient (Wildman–Crippen LogP) is 3.34. The summed E-state index contributed by atoms with van der Waals surface area (Å²) in [5.74, 6) is 0. The van der Waals surface area contributed by atoms with Gasteiger partial charge in [-0.2, -0.15) is 0 Å². The number of nitrogens with zero attached hydrogens (tertiary/aromatic N) is 1. The summed E-state index contributed by atoms with van der Waals surface area (Å²) in [6.07, 6.45) is 1.20. The van der Waals surface area contributed by atoms with Crippen LogP contribution in [0.4, 0.5) is 0 Å². The topological polar surface area (TPSA) is 3.24 Å². The van der Waals surface area contributed by atoms with Crippen LogP contribution in [0.3, 0.4) is 0 Å². The van der Waals surface area contributed by atoms with Gasteiger partial charge in [0.05, 0.1) is 0 Å². The van der Waals surface area contributed by atoms with Crippen molar-refractivity contribution in [2.24, 2.45) is 0 Å². The van der Waals surface area contributed by atoms with Crippen molar-refractivity contribution in [2.45, 2.75) is 25.7 Å². The molecule has 1 rings (SSSR count). The molecule has 1 nitrogen and oxygen atoms in total. The average Bonchev–Trinajstić information content (AvgIpc) is 2.16. The van der Waals surface area contributed by atoms with Crippen molar-refractivity contribution in [3.63, 3.8) is 0 Å². The lowest BCUT2D eigenvalue weighted by molar-refractivity contribution is 0.343. The van der Waals surface area contributed by atoms with Crippen LogP contribution in [-0.2, 0) is 5.41 Å². The molecule has 0 aliphatic carbocycles. The molecule has 0 fully saturated rings. The van der Waals surface area contributed by atoms with Crippen LogP contribution >= 0.6 is 12.4 Å². The zero-order valence-corrected chi connectivity index (χ0v) is 11.0. The Bertz CT molecular complexity index is 267. The summed E-state index contributed by atoms with van der Waals surface area (Å²) < 4.78 is 0. The van der Waals surface area contributed by atoms with Gasteiger partial charge >= 0.3 is 0 Å². The van der Waals surface area contributed by atoms with E-state index in [2.05, 4.69) is 63.2 Å². The van der Waals surface area contributed by atoms with Gasteiger partial charge in [-0.05, 0) is 38.0 Å². The molecule has 0 atom stereocenters. The van der Waals surface area contributed by atoms with E-state index in [1.54, 1.807) is 0 Å². The number of hydrogen-bond acceptors (Lipinski definition) is 1. The Morgan fingerprint density at radius 3 is 2.07 bits per heavy atom. The van der Waals surface area contributed by atoms with Gasteiger partial charge in [0.2, 0.25) is 0 Å². The molecule has 2 heteroatoms. The zero-order chi connectivity index (χ0) is 10.6. The maximum atomic E-state index is 2.31. The van der Waals surface area contributed by atoms with E-state index in [1.807, 2.05) is 0 Å². The summed E-state index contributed by atoms with van der Waals surface area (Å²) in [5, 5.41) is 0. The van der Waals surface area contributed by atoms with E-state index in [4.69, 9.17) is 0 Å². The second kappa shape index (κ2) is 6.14. The van der Waals surface area contributed by atoms with Crippen LogP contribution in [0.15, 0.2) is 30.3 Å². The van der Waals surface area contributed by atoms with Crippen molar-refractivity contribution >= 4 is 12.4 Å². The average molecular weight is 228 g/mol. The van der Waals surface area contributed by atoms with Crippen molar-refractivity contribution < 1.29 is 0 Å². The van der Waals surface area contributed by atoms with Crippen molar-refractivity contribution in [1.82, 2.24) is 4.90 Å². The van der Waals surface area contributed by atoms with Crippen molar-refractivity contribution in [2.75, 3.05) is 20.6 Å². The lowest BCUT2D eigenvalue weighted by Crippen LogP contribution is -2.24. The van der Waals surface area contributed by atoms with Crippen LogP contribution in [0.1, 0.15) is 25.8 Å². The standard InChI is InChI=1S/C13H21N.ClH/c1-13(2,10-11-14(3)4)12-8-6-5-7-9-12;/h5-9H,10-11H2,1-4H3;1H. The first kappa shape index (κ1) is 14.5. The number of rotatable bonds is 4. The van der Waals surface area contributed by atoms with E-state index in [-0.39, 0.29) is 17.8 Å². The van der Waals surface area contributed by atoms with Gasteiger partial charge in [0.25, 0.3) is 0 Å². The minimum Gasteiger partial charge on any atom is -0.309 e. The normalized spacial score (nSPS) is 11.3. The van der Waals surface area contributed by atoms with Gasteiger partial charge in [-0.25, -0.2) is 0 Å². The van der Waals surface area contributed by atoms with Crippen molar-refractivity contribution in [3.05, 3.63) is 35.9 Å². The van der Waals surface area contributed by atoms with Crippen LogP contribution in [0.5, 0.6) is 0 Å². The number of halogens is 1. The van der Waals surface area contributed by atoms with Crippen LogP contribution in [0, 0.1) is 0 Å². The zero-order valence-electron chi connectivity index (χ0n) is 10.2. The van der Waals surface area contributed by atoms with Gasteiger partial charge < -0.3 is 4.90 Å². The molecule has 0 amide bonds. The fourth-order valence-corrected chi connectivity index (χ4v) is 1.54. The third kappa shape index (κ3) is 4.67. The number of hydrogen-bond donors (Lipinski definition) is 0. The summed E-state index contributed by atoms with van der Waals surface area (Å²) in [6.45, 7) is 5.76. The molecule has 1 aromatic rings. The quantitative estimate of drug-likeness (QED) is 0.763. The first-order chi connectivity index (χ1) is 6.52. The molecule has 0 bridgehead atoms. The molecule has 0 N–H and O–H groups in total. The lowest BCUT2D eigenvalue weighted by Gasteiger charge is -2.26. The highest BCUT2D eigenvalue weighted by molar-refractivity contribution is 5.85. The van der Waals surface area contributed by atoms with Gasteiger partial charge in [-0.15, -0.1) is 12.4 Å². The summed E-state index contributed by atoms with van der Waals surface area (Å²) in [4.78, 5) is 2.24. The molecule has 0 aromatic heterocycles. The minimum atomic E-state index is 0. The first-order valence-electron chi connectivity index (χ1n) is 5.22. The van der Waals surface area contributed by atoms with Crippen LogP contribution in [0.2, 0.25) is 0 Å². The Hall–Kier alpha value is -0.530. The Balaban J connectivity index is 0.00000196. The molecule has 0 radical (unpaired) electrons. The number of benzene rings is 1. The van der Waals surface area contributed by atoms with Gasteiger partial charge in [0.15, 0.2) is 0 Å². The van der Waals surface area contributed by atoms with Crippen molar-refractivity contribution in [3.8, 4) is 0 Å². The Labute approximate surface area is 99.9 Å². The Morgan fingerprint density at radius 1 is 1.07 bits per heavy atom. The molecule has 0 aliphatic heterocycles. The van der Waals surface area contributed by atoms with Crippen LogP contribution < -0.4 is 0 Å². The van der Waals surface area contributed by atoms with Crippen LogP contribution in [-0.4, -0.2) is 25.5 Å². The third-order valence-electron chi connectivity index (χ3n) is 2.74. The molecule has 0 unspecified atom stereocenters. The summed E-state index contributed by atoms with van der Waals surface area (Å²) >= 11 is 0. The predicted molar refractivity (Wildman–Crippen MR) is 69.9 cm³/mol. The monoisotopic (exact) mass is 227 g/mol. The molecule has 0 spiro atoms. The third-order valence-corrected chi connectivity index (χ3v) is 2.74. The van der Waals surface area contributed by atoms with E-state index in [1.165, 1.54) is 12.0 Å². The molecular formula is C13H22ClN. The van der Waals surface area contributed by atoms with Gasteiger partial charge in [-0.1, -0.05) is 44.2 Å². The molecule has 0 heterocycles. The van der Waals surface area contributed by atoms with E-state index in [9.17, 15) is 0 Å². The fourth-order valence-electron chi connectivity index (χ4n) is 1.54. The molecule has 86 valence electrons. The molecule has 0 saturated carbocycles. The summed E-state index contributed by atoms with van der Waals surface area (Å²) in [7, 11) is 4.25. The van der Waals surface area contributed by atoms with Gasteiger partial charge in [0, 0.05) is 0 Å². The van der Waals surface area contributed by atoms with Gasteiger partial charge in [0.1, 0.15) is 0 Å². The highest BCUT2D eigenvalue weighted by atomic mass is 35.5. The SMILES string of the molecule is CN(C)CCC(C)(C)c1ccccc1.Cl. The first-order valence-corrected chi connectivity index (χ1v) is 5.22. The van der Waals surface area contributed by atoms with E-state index in [0.29, 0.717) is 0 Å². The van der Waals surface area contributed by atoms with Crippen molar-refractivity contribution in [1.29, 1.82) is 0 Å².